The van der Waals surface area contributed by atoms with Crippen molar-refractivity contribution in [3.05, 3.63) is 51.0 Å². The van der Waals surface area contributed by atoms with Crippen LogP contribution in [0.25, 0.3) is 0 Å². The predicted molar refractivity (Wildman–Crippen MR) is 85.8 cm³/mol. The molecule has 2 rings (SSSR count). The molecule has 0 aliphatic heterocycles. The van der Waals surface area contributed by atoms with Gasteiger partial charge in [-0.05, 0) is 42.4 Å². The lowest BCUT2D eigenvalue weighted by molar-refractivity contribution is -0.392. The highest BCUT2D eigenvalue weighted by Gasteiger charge is 2.21. The van der Waals surface area contributed by atoms with Gasteiger partial charge in [0.05, 0.1) is 0 Å². The summed E-state index contributed by atoms with van der Waals surface area (Å²) < 4.78 is 7.12. The summed E-state index contributed by atoms with van der Waals surface area (Å²) in [6.07, 6.45) is 0.318. The highest BCUT2D eigenvalue weighted by atomic mass is 16.6. The molecule has 1 atom stereocenters. The Morgan fingerprint density at radius 1 is 1.30 bits per heavy atom. The third kappa shape index (κ3) is 3.68. The Labute approximate surface area is 134 Å². The summed E-state index contributed by atoms with van der Waals surface area (Å²) in [7, 11) is 0. The molecule has 1 N–H and O–H groups in total. The number of nitro groups is 1. The van der Waals surface area contributed by atoms with Gasteiger partial charge in [-0.2, -0.15) is 0 Å². The minimum Gasteiger partial charge on any atom is -0.490 e. The summed E-state index contributed by atoms with van der Waals surface area (Å²) in [4.78, 5) is 14.4. The first kappa shape index (κ1) is 17.0. The van der Waals surface area contributed by atoms with Crippen molar-refractivity contribution < 1.29 is 14.8 Å². The number of imidazole rings is 1. The van der Waals surface area contributed by atoms with E-state index in [0.29, 0.717) is 5.82 Å². The Morgan fingerprint density at radius 3 is 2.61 bits per heavy atom. The van der Waals surface area contributed by atoms with Crippen molar-refractivity contribution in [2.75, 3.05) is 6.61 Å². The van der Waals surface area contributed by atoms with E-state index >= 15 is 0 Å². The first-order valence-electron chi connectivity index (χ1n) is 7.35. The molecule has 124 valence electrons. The molecule has 0 spiro atoms. The summed E-state index contributed by atoms with van der Waals surface area (Å²) in [5.74, 6) is 1.10. The minimum atomic E-state index is -0.874. The molecule has 1 aromatic heterocycles. The van der Waals surface area contributed by atoms with Crippen LogP contribution in [0.2, 0.25) is 0 Å². The summed E-state index contributed by atoms with van der Waals surface area (Å²) >= 11 is 0. The van der Waals surface area contributed by atoms with Gasteiger partial charge in [0.25, 0.3) is 0 Å². The number of hydrogen-bond donors (Lipinski definition) is 1. The Balaban J connectivity index is 2.07. The van der Waals surface area contributed by atoms with Crippen molar-refractivity contribution in [3.63, 3.8) is 0 Å². The van der Waals surface area contributed by atoms with E-state index in [0.717, 1.165) is 22.4 Å². The fourth-order valence-electron chi connectivity index (χ4n) is 2.42. The summed E-state index contributed by atoms with van der Waals surface area (Å²) in [6.45, 7) is 7.69. The molecule has 0 bridgehead atoms. The van der Waals surface area contributed by atoms with Crippen LogP contribution < -0.4 is 4.74 Å². The average molecular weight is 319 g/mol. The zero-order valence-electron chi connectivity index (χ0n) is 13.7. The molecule has 1 aromatic carbocycles. The van der Waals surface area contributed by atoms with Crippen molar-refractivity contribution in [2.24, 2.45) is 0 Å². The Morgan fingerprint density at radius 2 is 1.96 bits per heavy atom. The normalized spacial score (nSPS) is 12.2. The van der Waals surface area contributed by atoms with Gasteiger partial charge in [0.2, 0.25) is 0 Å². The molecule has 0 fully saturated rings. The molecular formula is C16H21N3O4. The largest absolute Gasteiger partial charge is 0.490 e. The zero-order valence-corrected chi connectivity index (χ0v) is 13.7. The topological polar surface area (TPSA) is 90.4 Å². The van der Waals surface area contributed by atoms with Crippen LogP contribution in [0.1, 0.15) is 22.5 Å². The predicted octanol–water partition coefficient (Wildman–Crippen LogP) is 2.46. The Bertz CT molecular complexity index is 724. The van der Waals surface area contributed by atoms with Gasteiger partial charge < -0.3 is 20.0 Å². The lowest BCUT2D eigenvalue weighted by atomic mass is 10.1. The lowest BCUT2D eigenvalue weighted by Crippen LogP contribution is -2.25. The second-order valence-corrected chi connectivity index (χ2v) is 5.65. The van der Waals surface area contributed by atoms with Crippen LogP contribution in [-0.4, -0.2) is 32.3 Å². The Hall–Kier alpha value is -2.41. The van der Waals surface area contributed by atoms with E-state index in [9.17, 15) is 15.2 Å². The van der Waals surface area contributed by atoms with Crippen molar-refractivity contribution in [2.45, 2.75) is 40.3 Å². The second kappa shape index (κ2) is 6.78. The minimum absolute atomic E-state index is 0.0555. The molecule has 0 amide bonds. The third-order valence-corrected chi connectivity index (χ3v) is 3.91. The smallest absolute Gasteiger partial charge is 0.342 e. The number of aliphatic hydroxyl groups is 1. The van der Waals surface area contributed by atoms with Gasteiger partial charge in [-0.1, -0.05) is 12.1 Å². The fourth-order valence-corrected chi connectivity index (χ4v) is 2.42. The van der Waals surface area contributed by atoms with Gasteiger partial charge in [-0.25, -0.2) is 9.55 Å². The highest BCUT2D eigenvalue weighted by molar-refractivity contribution is 5.44. The van der Waals surface area contributed by atoms with Crippen LogP contribution in [0.3, 0.4) is 0 Å². The zero-order chi connectivity index (χ0) is 17.1. The maximum Gasteiger partial charge on any atom is 0.342 e. The first-order chi connectivity index (χ1) is 10.8. The van der Waals surface area contributed by atoms with E-state index in [1.165, 1.54) is 10.8 Å². The Kier molecular flexibility index (Phi) is 5.00. The molecule has 1 heterocycles. The third-order valence-electron chi connectivity index (χ3n) is 3.91. The van der Waals surface area contributed by atoms with Crippen LogP contribution in [-0.2, 0) is 6.54 Å². The fraction of sp³-hybridized carbons (Fsp3) is 0.438. The van der Waals surface area contributed by atoms with E-state index in [-0.39, 0.29) is 19.0 Å². The van der Waals surface area contributed by atoms with Gasteiger partial charge in [-0.3, -0.25) is 0 Å². The number of benzene rings is 1. The molecule has 0 aliphatic carbocycles. The number of rotatable bonds is 6. The van der Waals surface area contributed by atoms with Gasteiger partial charge in [0, 0.05) is 6.92 Å². The molecule has 23 heavy (non-hydrogen) atoms. The quantitative estimate of drug-likeness (QED) is 0.652. The number of aromatic nitrogens is 2. The SMILES string of the molecule is Cc1ccc(C)c(OCC(O)Cn2c([N+](=O)[O-])cnc2C)c1C. The molecule has 0 saturated heterocycles. The number of aryl methyl sites for hydroxylation is 3. The van der Waals surface area contributed by atoms with Crippen LogP contribution in [0.5, 0.6) is 5.75 Å². The van der Waals surface area contributed by atoms with Crippen LogP contribution >= 0.6 is 0 Å². The molecule has 7 nitrogen and oxygen atoms in total. The lowest BCUT2D eigenvalue weighted by Gasteiger charge is -2.16. The van der Waals surface area contributed by atoms with Crippen LogP contribution in [0.4, 0.5) is 5.82 Å². The first-order valence-corrected chi connectivity index (χ1v) is 7.35. The summed E-state index contributed by atoms with van der Waals surface area (Å²) in [6, 6.07) is 3.99. The average Bonchev–Trinajstić information content (AvgIpc) is 2.84. The molecule has 2 aromatic rings. The van der Waals surface area contributed by atoms with E-state index in [4.69, 9.17) is 4.74 Å². The molecule has 0 radical (unpaired) electrons. The monoisotopic (exact) mass is 319 g/mol. The second-order valence-electron chi connectivity index (χ2n) is 5.65. The van der Waals surface area contributed by atoms with Gasteiger partial charge in [-0.15, -0.1) is 0 Å². The molecular weight excluding hydrogens is 298 g/mol. The number of aliphatic hydroxyl groups excluding tert-OH is 1. The highest BCUT2D eigenvalue weighted by Crippen LogP contribution is 2.26. The number of ether oxygens (including phenoxy) is 1. The summed E-state index contributed by atoms with van der Waals surface area (Å²) in [5.41, 5.74) is 3.13. The van der Waals surface area contributed by atoms with E-state index in [1.54, 1.807) is 6.92 Å². The number of nitrogens with zero attached hydrogens (tertiary/aromatic N) is 3. The van der Waals surface area contributed by atoms with Crippen molar-refractivity contribution in [3.8, 4) is 5.75 Å². The van der Waals surface area contributed by atoms with Gasteiger partial charge >= 0.3 is 5.82 Å². The molecule has 0 saturated carbocycles. The van der Waals surface area contributed by atoms with Crippen LogP contribution in [0.15, 0.2) is 18.3 Å². The van der Waals surface area contributed by atoms with Crippen molar-refractivity contribution in [1.82, 2.24) is 9.55 Å². The maximum absolute atomic E-state index is 11.0. The van der Waals surface area contributed by atoms with E-state index < -0.39 is 11.0 Å². The molecule has 0 aliphatic rings. The van der Waals surface area contributed by atoms with Gasteiger partial charge in [0.15, 0.2) is 5.82 Å². The summed E-state index contributed by atoms with van der Waals surface area (Å²) in [5, 5.41) is 21.1. The van der Waals surface area contributed by atoms with Gasteiger partial charge in [0.1, 0.15) is 31.2 Å². The van der Waals surface area contributed by atoms with E-state index in [2.05, 4.69) is 4.98 Å². The van der Waals surface area contributed by atoms with Crippen molar-refractivity contribution in [1.29, 1.82) is 0 Å². The van der Waals surface area contributed by atoms with E-state index in [1.807, 2.05) is 32.9 Å². The maximum atomic E-state index is 11.0. The van der Waals surface area contributed by atoms with Crippen LogP contribution in [0, 0.1) is 37.8 Å². The standard InChI is InChI=1S/C16H21N3O4/c1-10-5-6-11(2)16(12(10)3)23-9-14(20)8-18-13(4)17-7-15(18)19(21)22/h5-7,14,20H,8-9H2,1-4H3. The van der Waals surface area contributed by atoms with Crippen molar-refractivity contribution >= 4 is 5.82 Å². The number of hydrogen-bond acceptors (Lipinski definition) is 5. The molecule has 1 unspecified atom stereocenters. The molecule has 7 heteroatoms.